The van der Waals surface area contributed by atoms with Gasteiger partial charge in [-0.05, 0) is 36.6 Å². The van der Waals surface area contributed by atoms with Crippen molar-refractivity contribution < 1.29 is 9.18 Å². The van der Waals surface area contributed by atoms with Gasteiger partial charge in [0.2, 0.25) is 0 Å². The second-order valence-corrected chi connectivity index (χ2v) is 9.07. The number of halogens is 1. The van der Waals surface area contributed by atoms with Crippen molar-refractivity contribution in [2.24, 2.45) is 7.05 Å². The first-order valence-electron chi connectivity index (χ1n) is 12.1. The molecule has 0 aliphatic carbocycles. The molecule has 0 unspecified atom stereocenters. The van der Waals surface area contributed by atoms with E-state index in [1.807, 2.05) is 18.3 Å². The molecule has 0 bridgehead atoms. The van der Waals surface area contributed by atoms with Crippen molar-refractivity contribution in [2.45, 2.75) is 19.4 Å². The number of amides is 1. The number of pyridine rings is 1. The van der Waals surface area contributed by atoms with Crippen LogP contribution in [0, 0.1) is 5.82 Å². The van der Waals surface area contributed by atoms with Crippen LogP contribution in [0.15, 0.2) is 61.2 Å². The van der Waals surface area contributed by atoms with Gasteiger partial charge in [0.05, 0.1) is 18.4 Å². The Morgan fingerprint density at radius 1 is 1.19 bits per heavy atom. The van der Waals surface area contributed by atoms with Crippen molar-refractivity contribution in [3.05, 3.63) is 89.5 Å². The lowest BCUT2D eigenvalue weighted by molar-refractivity contribution is 0.0720. The van der Waals surface area contributed by atoms with Crippen LogP contribution in [-0.4, -0.2) is 53.6 Å². The molecule has 2 N–H and O–H groups in total. The van der Waals surface area contributed by atoms with Crippen molar-refractivity contribution in [3.8, 4) is 11.4 Å². The highest BCUT2D eigenvalue weighted by Gasteiger charge is 2.27. The number of carbonyl (C=O) groups excluding carboxylic acids is 1. The molecule has 9 nitrogen and oxygen atoms in total. The maximum Gasteiger partial charge on any atom is 0.272 e. The number of hydrogen-bond donors (Lipinski definition) is 2. The number of nitrogens with zero attached hydrogens (tertiary/aromatic N) is 6. The fourth-order valence-electron chi connectivity index (χ4n) is 4.81. The number of rotatable bonds is 6. The third kappa shape index (κ3) is 4.42. The lowest BCUT2D eigenvalue weighted by Gasteiger charge is -2.29. The molecule has 0 atom stereocenters. The Hall–Kier alpha value is -4.60. The highest BCUT2D eigenvalue weighted by molar-refractivity contribution is 5.92. The van der Waals surface area contributed by atoms with Gasteiger partial charge in [-0.25, -0.2) is 14.4 Å². The van der Waals surface area contributed by atoms with Gasteiger partial charge in [0.25, 0.3) is 5.91 Å². The van der Waals surface area contributed by atoms with Crippen LogP contribution in [-0.2, 0) is 26.4 Å². The molecule has 0 spiro atoms. The maximum atomic E-state index is 13.9. The minimum Gasteiger partial charge on any atom is -0.369 e. The molecule has 10 heteroatoms. The van der Waals surface area contributed by atoms with Crippen molar-refractivity contribution in [2.75, 3.05) is 18.4 Å². The summed E-state index contributed by atoms with van der Waals surface area (Å²) in [6.07, 6.45) is 7.74. The lowest BCUT2D eigenvalue weighted by Crippen LogP contribution is -2.38. The van der Waals surface area contributed by atoms with E-state index < -0.39 is 5.82 Å². The molecule has 0 saturated heterocycles. The van der Waals surface area contributed by atoms with Gasteiger partial charge in [-0.2, -0.15) is 5.10 Å². The summed E-state index contributed by atoms with van der Waals surface area (Å²) in [6.45, 7) is 1.52. The predicted octanol–water partition coefficient (Wildman–Crippen LogP) is 3.75. The number of aromatic nitrogens is 6. The Labute approximate surface area is 212 Å². The number of benzene rings is 1. The summed E-state index contributed by atoms with van der Waals surface area (Å²) in [5, 5.41) is 8.80. The van der Waals surface area contributed by atoms with E-state index in [0.717, 1.165) is 29.4 Å². The van der Waals surface area contributed by atoms with Gasteiger partial charge in [0.1, 0.15) is 17.3 Å². The summed E-state index contributed by atoms with van der Waals surface area (Å²) in [5.41, 5.74) is 5.04. The number of hydrogen-bond acceptors (Lipinski definition) is 6. The molecule has 6 rings (SSSR count). The van der Waals surface area contributed by atoms with Crippen LogP contribution in [0.2, 0.25) is 0 Å². The van der Waals surface area contributed by atoms with Crippen LogP contribution in [0.25, 0.3) is 22.3 Å². The fourth-order valence-corrected chi connectivity index (χ4v) is 4.81. The van der Waals surface area contributed by atoms with Crippen LogP contribution >= 0.6 is 0 Å². The average Bonchev–Trinajstić information content (AvgIpc) is 3.54. The monoisotopic (exact) mass is 496 g/mol. The largest absolute Gasteiger partial charge is 0.369 e. The van der Waals surface area contributed by atoms with Gasteiger partial charge >= 0.3 is 0 Å². The Morgan fingerprint density at radius 2 is 2.08 bits per heavy atom. The van der Waals surface area contributed by atoms with Gasteiger partial charge in [0, 0.05) is 60.8 Å². The van der Waals surface area contributed by atoms with Crippen LogP contribution in [0.3, 0.4) is 0 Å². The first-order chi connectivity index (χ1) is 18.1. The number of H-pyrrole nitrogens is 1. The molecule has 1 aliphatic heterocycles. The molecule has 0 saturated carbocycles. The van der Waals surface area contributed by atoms with Gasteiger partial charge in [0.15, 0.2) is 5.82 Å². The molecular weight excluding hydrogens is 471 g/mol. The summed E-state index contributed by atoms with van der Waals surface area (Å²) in [6, 6.07) is 11.3. The number of nitrogens with one attached hydrogen (secondary N) is 2. The summed E-state index contributed by atoms with van der Waals surface area (Å²) >= 11 is 0. The number of aryl methyl sites for hydroxylation is 1. The summed E-state index contributed by atoms with van der Waals surface area (Å²) in [4.78, 5) is 31.7. The third-order valence-electron chi connectivity index (χ3n) is 6.72. The minimum absolute atomic E-state index is 0.105. The molecule has 0 fully saturated rings. The van der Waals surface area contributed by atoms with Gasteiger partial charge in [-0.3, -0.25) is 14.5 Å². The van der Waals surface area contributed by atoms with E-state index in [4.69, 9.17) is 9.97 Å². The van der Waals surface area contributed by atoms with Crippen LogP contribution in [0.5, 0.6) is 0 Å². The van der Waals surface area contributed by atoms with E-state index >= 15 is 0 Å². The molecular formula is C27H25FN8O. The second-order valence-electron chi connectivity index (χ2n) is 9.07. The normalized spacial score (nSPS) is 13.1. The number of para-hydroxylation sites is 1. The zero-order valence-electron chi connectivity index (χ0n) is 20.3. The highest BCUT2D eigenvalue weighted by atomic mass is 19.1. The van der Waals surface area contributed by atoms with Crippen molar-refractivity contribution in [1.82, 2.24) is 34.6 Å². The number of fused-ring (bicyclic) bond motifs is 2. The van der Waals surface area contributed by atoms with Crippen LogP contribution < -0.4 is 5.32 Å². The van der Waals surface area contributed by atoms with Crippen LogP contribution in [0.1, 0.15) is 27.3 Å². The fraction of sp³-hybridized carbons (Fsp3) is 0.222. The molecule has 4 aromatic heterocycles. The first kappa shape index (κ1) is 22.8. The van der Waals surface area contributed by atoms with Gasteiger partial charge < -0.3 is 15.2 Å². The van der Waals surface area contributed by atoms with Crippen LogP contribution in [0.4, 0.5) is 10.2 Å². The van der Waals surface area contributed by atoms with E-state index in [-0.39, 0.29) is 5.91 Å². The third-order valence-corrected chi connectivity index (χ3v) is 6.72. The molecule has 0 radical (unpaired) electrons. The van der Waals surface area contributed by atoms with E-state index in [9.17, 15) is 9.18 Å². The van der Waals surface area contributed by atoms with Crippen molar-refractivity contribution >= 4 is 22.6 Å². The highest BCUT2D eigenvalue weighted by Crippen LogP contribution is 2.28. The molecule has 186 valence electrons. The second kappa shape index (κ2) is 9.45. The van der Waals surface area contributed by atoms with Crippen molar-refractivity contribution in [3.63, 3.8) is 0 Å². The SMILES string of the molecule is Cn1nccc1C(=O)N1CCc2c(nc(-c3cncc(F)c3)nc2NCCc2c[nH]c3ccccc23)C1. The zero-order valence-corrected chi connectivity index (χ0v) is 20.3. The summed E-state index contributed by atoms with van der Waals surface area (Å²) in [5.74, 6) is 0.514. The Kier molecular flexibility index (Phi) is 5.84. The molecule has 37 heavy (non-hydrogen) atoms. The standard InChI is InChI=1S/C27H25FN8O/c1-35-24(7-10-32-35)27(37)36-11-8-21-23(16-36)33-25(18-12-19(28)15-29-13-18)34-26(21)30-9-6-17-14-31-22-5-3-2-4-20(17)22/h2-5,7,10,12-15,31H,6,8-9,11,16H2,1H3,(H,30,33,34). The number of anilines is 1. The Bertz CT molecular complexity index is 1610. The Balaban J connectivity index is 1.30. The topological polar surface area (TPSA) is 105 Å². The van der Waals surface area contributed by atoms with E-state index in [1.54, 1.807) is 35.1 Å². The predicted molar refractivity (Wildman–Crippen MR) is 137 cm³/mol. The zero-order chi connectivity index (χ0) is 25.4. The molecule has 1 amide bonds. The minimum atomic E-state index is -0.458. The quantitative estimate of drug-likeness (QED) is 0.371. The average molecular weight is 497 g/mol. The maximum absolute atomic E-state index is 13.9. The summed E-state index contributed by atoms with van der Waals surface area (Å²) in [7, 11) is 1.75. The van der Waals surface area contributed by atoms with Gasteiger partial charge in [-0.15, -0.1) is 0 Å². The van der Waals surface area contributed by atoms with E-state index in [0.29, 0.717) is 49.0 Å². The molecule has 1 aromatic carbocycles. The molecule has 1 aliphatic rings. The molecule has 5 heterocycles. The van der Waals surface area contributed by atoms with Crippen molar-refractivity contribution in [1.29, 1.82) is 0 Å². The molecule has 5 aromatic rings. The smallest absolute Gasteiger partial charge is 0.272 e. The summed E-state index contributed by atoms with van der Waals surface area (Å²) < 4.78 is 15.5. The number of aromatic amines is 1. The first-order valence-corrected chi connectivity index (χ1v) is 12.1. The van der Waals surface area contributed by atoms with Gasteiger partial charge in [-0.1, -0.05) is 18.2 Å². The lowest BCUT2D eigenvalue weighted by atomic mass is 10.0. The Morgan fingerprint density at radius 3 is 2.92 bits per heavy atom. The van der Waals surface area contributed by atoms with E-state index in [1.165, 1.54) is 17.0 Å². The van der Waals surface area contributed by atoms with E-state index in [2.05, 4.69) is 32.5 Å². The number of carbonyl (C=O) groups is 1.